The minimum absolute atomic E-state index is 0.113. The highest BCUT2D eigenvalue weighted by Gasteiger charge is 2.13. The van der Waals surface area contributed by atoms with E-state index in [1.807, 2.05) is 25.1 Å². The smallest absolute Gasteiger partial charge is 0.133 e. The standard InChI is InChI=1S/C15H18BrNO3/c1-10(11-5-6-14(19-2)12(16)8-11)17-9-13(18)15-4-3-7-20-15/h3-8,10,13,17-18H,9H2,1-2H3. The second-order valence-electron chi connectivity index (χ2n) is 4.56. The van der Waals surface area contributed by atoms with Gasteiger partial charge in [-0.3, -0.25) is 0 Å². The third-order valence-electron chi connectivity index (χ3n) is 3.16. The van der Waals surface area contributed by atoms with Gasteiger partial charge in [0.15, 0.2) is 0 Å². The van der Waals surface area contributed by atoms with Crippen LogP contribution in [0.2, 0.25) is 0 Å². The van der Waals surface area contributed by atoms with E-state index in [9.17, 15) is 5.11 Å². The lowest BCUT2D eigenvalue weighted by atomic mass is 10.1. The van der Waals surface area contributed by atoms with E-state index in [0.29, 0.717) is 12.3 Å². The predicted molar refractivity (Wildman–Crippen MR) is 80.8 cm³/mol. The van der Waals surface area contributed by atoms with Crippen molar-refractivity contribution in [2.45, 2.75) is 19.1 Å². The van der Waals surface area contributed by atoms with E-state index < -0.39 is 6.10 Å². The Hall–Kier alpha value is -1.30. The van der Waals surface area contributed by atoms with E-state index in [1.54, 1.807) is 25.5 Å². The molecule has 0 saturated carbocycles. The summed E-state index contributed by atoms with van der Waals surface area (Å²) in [6, 6.07) is 9.57. The van der Waals surface area contributed by atoms with Gasteiger partial charge in [0.25, 0.3) is 0 Å². The van der Waals surface area contributed by atoms with Crippen LogP contribution in [0.5, 0.6) is 5.75 Å². The molecule has 1 heterocycles. The number of aliphatic hydroxyl groups is 1. The van der Waals surface area contributed by atoms with Crippen molar-refractivity contribution < 1.29 is 14.3 Å². The Balaban J connectivity index is 1.94. The molecule has 0 aliphatic heterocycles. The van der Waals surface area contributed by atoms with Crippen molar-refractivity contribution in [1.82, 2.24) is 5.32 Å². The maximum atomic E-state index is 9.96. The summed E-state index contributed by atoms with van der Waals surface area (Å²) >= 11 is 3.47. The number of methoxy groups -OCH3 is 1. The summed E-state index contributed by atoms with van der Waals surface area (Å²) in [5.41, 5.74) is 1.12. The molecule has 5 heteroatoms. The lowest BCUT2D eigenvalue weighted by Crippen LogP contribution is -2.24. The number of rotatable bonds is 6. The number of ether oxygens (including phenoxy) is 1. The molecular formula is C15H18BrNO3. The van der Waals surface area contributed by atoms with Crippen LogP contribution in [-0.2, 0) is 0 Å². The van der Waals surface area contributed by atoms with Crippen LogP contribution in [0.15, 0.2) is 45.5 Å². The SMILES string of the molecule is COc1ccc(C(C)NCC(O)c2ccco2)cc1Br. The van der Waals surface area contributed by atoms with E-state index in [-0.39, 0.29) is 6.04 Å². The largest absolute Gasteiger partial charge is 0.496 e. The lowest BCUT2D eigenvalue weighted by molar-refractivity contribution is 0.144. The Morgan fingerprint density at radius 3 is 2.80 bits per heavy atom. The zero-order valence-electron chi connectivity index (χ0n) is 11.5. The fourth-order valence-electron chi connectivity index (χ4n) is 1.94. The molecule has 0 radical (unpaired) electrons. The number of nitrogens with one attached hydrogen (secondary N) is 1. The summed E-state index contributed by atoms with van der Waals surface area (Å²) in [6.45, 7) is 2.47. The summed E-state index contributed by atoms with van der Waals surface area (Å²) in [4.78, 5) is 0. The van der Waals surface area contributed by atoms with Crippen molar-refractivity contribution in [1.29, 1.82) is 0 Å². The number of aliphatic hydroxyl groups excluding tert-OH is 1. The molecule has 0 bridgehead atoms. The Morgan fingerprint density at radius 2 is 2.20 bits per heavy atom. The number of furan rings is 1. The van der Waals surface area contributed by atoms with Crippen LogP contribution in [0, 0.1) is 0 Å². The normalized spacial score (nSPS) is 14.0. The van der Waals surface area contributed by atoms with Gasteiger partial charge in [0.1, 0.15) is 17.6 Å². The van der Waals surface area contributed by atoms with Crippen LogP contribution < -0.4 is 10.1 Å². The highest BCUT2D eigenvalue weighted by Crippen LogP contribution is 2.28. The minimum Gasteiger partial charge on any atom is -0.496 e. The second-order valence-corrected chi connectivity index (χ2v) is 5.41. The zero-order valence-corrected chi connectivity index (χ0v) is 13.1. The summed E-state index contributed by atoms with van der Waals surface area (Å²) in [6.07, 6.45) is 0.914. The van der Waals surface area contributed by atoms with E-state index >= 15 is 0 Å². The first-order valence-corrected chi connectivity index (χ1v) is 7.19. The quantitative estimate of drug-likeness (QED) is 0.846. The van der Waals surface area contributed by atoms with Gasteiger partial charge in [0, 0.05) is 12.6 Å². The number of hydrogen-bond donors (Lipinski definition) is 2. The van der Waals surface area contributed by atoms with Gasteiger partial charge in [-0.2, -0.15) is 0 Å². The van der Waals surface area contributed by atoms with Crippen LogP contribution in [-0.4, -0.2) is 18.8 Å². The molecule has 0 aliphatic rings. The van der Waals surface area contributed by atoms with Gasteiger partial charge < -0.3 is 19.6 Å². The Labute approximate surface area is 126 Å². The molecule has 0 amide bonds. The first-order chi connectivity index (χ1) is 9.61. The van der Waals surface area contributed by atoms with Crippen molar-refractivity contribution >= 4 is 15.9 Å². The third-order valence-corrected chi connectivity index (χ3v) is 3.78. The van der Waals surface area contributed by atoms with Crippen molar-refractivity contribution in [2.24, 2.45) is 0 Å². The van der Waals surface area contributed by atoms with Crippen LogP contribution in [0.25, 0.3) is 0 Å². The Bertz CT molecular complexity index is 542. The van der Waals surface area contributed by atoms with Gasteiger partial charge in [-0.1, -0.05) is 6.07 Å². The van der Waals surface area contributed by atoms with Gasteiger partial charge in [0.05, 0.1) is 17.8 Å². The fraction of sp³-hybridized carbons (Fsp3) is 0.333. The highest BCUT2D eigenvalue weighted by molar-refractivity contribution is 9.10. The van der Waals surface area contributed by atoms with Crippen LogP contribution >= 0.6 is 15.9 Å². The molecule has 0 aliphatic carbocycles. The Morgan fingerprint density at radius 1 is 1.40 bits per heavy atom. The summed E-state index contributed by atoms with van der Waals surface area (Å²) < 4.78 is 11.3. The van der Waals surface area contributed by atoms with Crippen LogP contribution in [0.1, 0.15) is 30.4 Å². The molecular weight excluding hydrogens is 322 g/mol. The molecule has 2 rings (SSSR count). The molecule has 1 aromatic heterocycles. The van der Waals surface area contributed by atoms with Crippen molar-refractivity contribution in [3.8, 4) is 5.75 Å². The first kappa shape index (κ1) is 15.1. The maximum absolute atomic E-state index is 9.96. The highest BCUT2D eigenvalue weighted by atomic mass is 79.9. The first-order valence-electron chi connectivity index (χ1n) is 6.40. The molecule has 20 heavy (non-hydrogen) atoms. The number of benzene rings is 1. The fourth-order valence-corrected chi connectivity index (χ4v) is 2.50. The van der Waals surface area contributed by atoms with Gasteiger partial charge in [0.2, 0.25) is 0 Å². The van der Waals surface area contributed by atoms with E-state index in [4.69, 9.17) is 9.15 Å². The van der Waals surface area contributed by atoms with Crippen molar-refractivity contribution in [2.75, 3.05) is 13.7 Å². The predicted octanol–water partition coefficient (Wildman–Crippen LogP) is 3.43. The van der Waals surface area contributed by atoms with Gasteiger partial charge in [-0.05, 0) is 52.7 Å². The third kappa shape index (κ3) is 3.62. The second kappa shape index (κ2) is 6.92. The average Bonchev–Trinajstić information content (AvgIpc) is 2.98. The molecule has 4 nitrogen and oxygen atoms in total. The maximum Gasteiger partial charge on any atom is 0.133 e. The van der Waals surface area contributed by atoms with Crippen molar-refractivity contribution in [3.05, 3.63) is 52.4 Å². The molecule has 0 fully saturated rings. The molecule has 2 atom stereocenters. The molecule has 0 saturated heterocycles. The molecule has 2 unspecified atom stereocenters. The average molecular weight is 340 g/mol. The van der Waals surface area contributed by atoms with E-state index in [1.165, 1.54) is 0 Å². The van der Waals surface area contributed by atoms with Gasteiger partial charge >= 0.3 is 0 Å². The minimum atomic E-state index is -0.644. The van der Waals surface area contributed by atoms with Crippen molar-refractivity contribution in [3.63, 3.8) is 0 Å². The monoisotopic (exact) mass is 339 g/mol. The Kier molecular flexibility index (Phi) is 5.23. The van der Waals surface area contributed by atoms with Crippen LogP contribution in [0.4, 0.5) is 0 Å². The molecule has 0 spiro atoms. The molecule has 2 N–H and O–H groups in total. The van der Waals surface area contributed by atoms with Gasteiger partial charge in [-0.25, -0.2) is 0 Å². The van der Waals surface area contributed by atoms with Crippen LogP contribution in [0.3, 0.4) is 0 Å². The summed E-state index contributed by atoms with van der Waals surface area (Å²) in [7, 11) is 1.64. The number of halogens is 1. The molecule has 108 valence electrons. The van der Waals surface area contributed by atoms with E-state index in [2.05, 4.69) is 21.2 Å². The van der Waals surface area contributed by atoms with Gasteiger partial charge in [-0.15, -0.1) is 0 Å². The number of hydrogen-bond acceptors (Lipinski definition) is 4. The lowest BCUT2D eigenvalue weighted by Gasteiger charge is -2.17. The summed E-state index contributed by atoms with van der Waals surface area (Å²) in [5, 5.41) is 13.2. The van der Waals surface area contributed by atoms with E-state index in [0.717, 1.165) is 15.8 Å². The topological polar surface area (TPSA) is 54.6 Å². The zero-order chi connectivity index (χ0) is 14.5. The molecule has 1 aromatic carbocycles. The molecule has 2 aromatic rings. The summed E-state index contributed by atoms with van der Waals surface area (Å²) in [5.74, 6) is 1.37.